The monoisotopic (exact) mass is 479 g/mol. The van der Waals surface area contributed by atoms with Crippen LogP contribution in [0.2, 0.25) is 0 Å². The minimum absolute atomic E-state index is 0.148. The molecule has 1 amide bonds. The maximum absolute atomic E-state index is 13.0. The van der Waals surface area contributed by atoms with Gasteiger partial charge in [-0.3, -0.25) is 14.5 Å². The maximum Gasteiger partial charge on any atom is 0.301 e. The molecule has 2 heterocycles. The number of aryl methyl sites for hydroxylation is 2. The SMILES string of the molecule is Cc1cc(C(=O)NCc2nc(-c3ccccc3NS(=O)(=O)N(C)C)oc2C)c2ccccc2n1. The zero-order valence-electron chi connectivity index (χ0n) is 19.3. The summed E-state index contributed by atoms with van der Waals surface area (Å²) in [6, 6.07) is 16.1. The van der Waals surface area contributed by atoms with E-state index in [1.54, 1.807) is 37.3 Å². The average molecular weight is 480 g/mol. The van der Waals surface area contributed by atoms with E-state index in [1.165, 1.54) is 14.1 Å². The van der Waals surface area contributed by atoms with Crippen molar-refractivity contribution in [2.45, 2.75) is 20.4 Å². The second-order valence-corrected chi connectivity index (χ2v) is 9.85. The number of amides is 1. The van der Waals surface area contributed by atoms with Crippen LogP contribution >= 0.6 is 0 Å². The third-order valence-electron chi connectivity index (χ3n) is 5.28. The number of nitrogens with one attached hydrogen (secondary N) is 2. The Bertz CT molecular complexity index is 1480. The van der Waals surface area contributed by atoms with Gasteiger partial charge < -0.3 is 9.73 Å². The van der Waals surface area contributed by atoms with Gasteiger partial charge in [0.1, 0.15) is 11.5 Å². The van der Waals surface area contributed by atoms with E-state index in [0.717, 1.165) is 20.9 Å². The molecule has 2 aromatic carbocycles. The van der Waals surface area contributed by atoms with Gasteiger partial charge >= 0.3 is 10.2 Å². The number of rotatable bonds is 7. The van der Waals surface area contributed by atoms with Crippen LogP contribution in [-0.2, 0) is 16.8 Å². The van der Waals surface area contributed by atoms with E-state index in [9.17, 15) is 13.2 Å². The molecule has 0 atom stereocenters. The van der Waals surface area contributed by atoms with E-state index in [-0.39, 0.29) is 18.3 Å². The second kappa shape index (κ2) is 9.24. The molecule has 4 aromatic rings. The minimum atomic E-state index is -3.71. The van der Waals surface area contributed by atoms with Crippen molar-refractivity contribution in [3.63, 3.8) is 0 Å². The molecular weight excluding hydrogens is 454 g/mol. The van der Waals surface area contributed by atoms with Crippen molar-refractivity contribution in [1.82, 2.24) is 19.6 Å². The Hall–Kier alpha value is -3.76. The molecule has 34 heavy (non-hydrogen) atoms. The lowest BCUT2D eigenvalue weighted by Gasteiger charge is -2.15. The summed E-state index contributed by atoms with van der Waals surface area (Å²) in [6.45, 7) is 3.74. The van der Waals surface area contributed by atoms with Crippen LogP contribution in [0.3, 0.4) is 0 Å². The van der Waals surface area contributed by atoms with E-state index in [1.807, 2.05) is 31.2 Å². The normalized spacial score (nSPS) is 11.7. The molecule has 2 N–H and O–H groups in total. The van der Waals surface area contributed by atoms with E-state index in [4.69, 9.17) is 4.42 Å². The summed E-state index contributed by atoms with van der Waals surface area (Å²) in [4.78, 5) is 22.0. The largest absolute Gasteiger partial charge is 0.441 e. The van der Waals surface area contributed by atoms with Crippen molar-refractivity contribution in [2.24, 2.45) is 0 Å². The fraction of sp³-hybridized carbons (Fsp3) is 0.208. The summed E-state index contributed by atoms with van der Waals surface area (Å²) >= 11 is 0. The smallest absolute Gasteiger partial charge is 0.301 e. The Balaban J connectivity index is 1.57. The molecule has 0 spiro atoms. The number of benzene rings is 2. The topological polar surface area (TPSA) is 117 Å². The molecule has 0 bridgehead atoms. The van der Waals surface area contributed by atoms with Gasteiger partial charge in [-0.15, -0.1) is 0 Å². The Morgan fingerprint density at radius 2 is 1.74 bits per heavy atom. The number of carbonyl (C=O) groups excluding carboxylic acids is 1. The highest BCUT2D eigenvalue weighted by molar-refractivity contribution is 7.90. The van der Waals surface area contributed by atoms with Gasteiger partial charge in [-0.2, -0.15) is 12.7 Å². The molecule has 0 unspecified atom stereocenters. The first-order valence-corrected chi connectivity index (χ1v) is 12.0. The first-order chi connectivity index (χ1) is 16.2. The molecule has 0 aliphatic rings. The summed E-state index contributed by atoms with van der Waals surface area (Å²) in [6.07, 6.45) is 0. The highest BCUT2D eigenvalue weighted by atomic mass is 32.2. The average Bonchev–Trinajstić information content (AvgIpc) is 3.17. The third kappa shape index (κ3) is 4.78. The van der Waals surface area contributed by atoms with Gasteiger partial charge in [0.15, 0.2) is 0 Å². The number of hydrogen-bond acceptors (Lipinski definition) is 6. The van der Waals surface area contributed by atoms with E-state index in [2.05, 4.69) is 20.0 Å². The molecule has 0 aliphatic heterocycles. The number of oxazole rings is 1. The molecule has 0 saturated heterocycles. The number of anilines is 1. The predicted molar refractivity (Wildman–Crippen MR) is 131 cm³/mol. The number of pyridine rings is 1. The van der Waals surface area contributed by atoms with Gasteiger partial charge in [0.05, 0.1) is 28.9 Å². The molecule has 176 valence electrons. The van der Waals surface area contributed by atoms with E-state index < -0.39 is 10.2 Å². The third-order valence-corrected chi connectivity index (χ3v) is 6.71. The van der Waals surface area contributed by atoms with Crippen LogP contribution in [0.5, 0.6) is 0 Å². The van der Waals surface area contributed by atoms with E-state index in [0.29, 0.717) is 28.3 Å². The number of fused-ring (bicyclic) bond motifs is 1. The van der Waals surface area contributed by atoms with Crippen LogP contribution in [0.15, 0.2) is 59.0 Å². The van der Waals surface area contributed by atoms with Crippen LogP contribution in [0.4, 0.5) is 5.69 Å². The summed E-state index contributed by atoms with van der Waals surface area (Å²) in [5.41, 5.74) is 3.41. The zero-order valence-corrected chi connectivity index (χ0v) is 20.1. The minimum Gasteiger partial charge on any atom is -0.441 e. The van der Waals surface area contributed by atoms with E-state index >= 15 is 0 Å². The van der Waals surface area contributed by atoms with Crippen molar-refractivity contribution >= 4 is 32.7 Å². The molecule has 0 saturated carbocycles. The molecule has 0 fully saturated rings. The Kier molecular flexibility index (Phi) is 6.36. The first-order valence-electron chi connectivity index (χ1n) is 10.6. The van der Waals surface area contributed by atoms with Crippen molar-refractivity contribution in [1.29, 1.82) is 0 Å². The molecular formula is C24H25N5O4S. The van der Waals surface area contributed by atoms with Crippen LogP contribution in [-0.4, -0.2) is 42.7 Å². The van der Waals surface area contributed by atoms with Crippen molar-refractivity contribution < 1.29 is 17.6 Å². The van der Waals surface area contributed by atoms with Gasteiger partial charge in [-0.25, -0.2) is 4.98 Å². The second-order valence-electron chi connectivity index (χ2n) is 7.97. The number of para-hydroxylation sites is 2. The van der Waals surface area contributed by atoms with Crippen molar-refractivity contribution in [3.05, 3.63) is 77.3 Å². The molecule has 0 aliphatic carbocycles. The number of nitrogens with zero attached hydrogens (tertiary/aromatic N) is 3. The summed E-state index contributed by atoms with van der Waals surface area (Å²) in [5, 5.41) is 3.67. The van der Waals surface area contributed by atoms with Crippen molar-refractivity contribution in [3.8, 4) is 11.5 Å². The number of carbonyl (C=O) groups is 1. The lowest BCUT2D eigenvalue weighted by atomic mass is 10.1. The highest BCUT2D eigenvalue weighted by Gasteiger charge is 2.20. The Morgan fingerprint density at radius 3 is 2.50 bits per heavy atom. The fourth-order valence-corrected chi connectivity index (χ4v) is 4.09. The molecule has 4 rings (SSSR count). The fourth-order valence-electron chi connectivity index (χ4n) is 3.45. The maximum atomic E-state index is 13.0. The summed E-state index contributed by atoms with van der Waals surface area (Å²) in [5.74, 6) is 0.533. The van der Waals surface area contributed by atoms with Gasteiger partial charge in [-0.1, -0.05) is 30.3 Å². The molecule has 10 heteroatoms. The number of hydrogen-bond donors (Lipinski definition) is 2. The van der Waals surface area contributed by atoms with Gasteiger partial charge in [0.25, 0.3) is 5.91 Å². The van der Waals surface area contributed by atoms with Crippen LogP contribution in [0.25, 0.3) is 22.4 Å². The van der Waals surface area contributed by atoms with Crippen LogP contribution < -0.4 is 10.0 Å². The standard InChI is InChI=1S/C24H25N5O4S/c1-15-13-19(17-9-5-7-11-20(17)26-15)23(30)25-14-22-16(2)33-24(27-22)18-10-6-8-12-21(18)28-34(31,32)29(3)4/h5-13,28H,14H2,1-4H3,(H,25,30). The van der Waals surface area contributed by atoms with Gasteiger partial charge in [0, 0.05) is 25.2 Å². The lowest BCUT2D eigenvalue weighted by Crippen LogP contribution is -2.29. The van der Waals surface area contributed by atoms with Crippen LogP contribution in [0, 0.1) is 13.8 Å². The lowest BCUT2D eigenvalue weighted by molar-refractivity contribution is 0.0952. The first kappa shape index (κ1) is 23.4. The van der Waals surface area contributed by atoms with Gasteiger partial charge in [-0.05, 0) is 38.1 Å². The molecule has 9 nitrogen and oxygen atoms in total. The summed E-state index contributed by atoms with van der Waals surface area (Å²) in [7, 11) is -0.829. The van der Waals surface area contributed by atoms with Crippen LogP contribution in [0.1, 0.15) is 27.5 Å². The van der Waals surface area contributed by atoms with Crippen molar-refractivity contribution in [2.75, 3.05) is 18.8 Å². The number of aromatic nitrogens is 2. The predicted octanol–water partition coefficient (Wildman–Crippen LogP) is 3.65. The zero-order chi connectivity index (χ0) is 24.5. The molecule has 2 aromatic heterocycles. The highest BCUT2D eigenvalue weighted by Crippen LogP contribution is 2.30. The van der Waals surface area contributed by atoms with Gasteiger partial charge in [0.2, 0.25) is 5.89 Å². The summed E-state index contributed by atoms with van der Waals surface area (Å²) < 4.78 is 34.0. The molecule has 0 radical (unpaired) electrons. The quantitative estimate of drug-likeness (QED) is 0.418. The Morgan fingerprint density at radius 1 is 1.03 bits per heavy atom. The Labute approximate surface area is 198 Å².